The molecule has 24 heavy (non-hydrogen) atoms. The van der Waals surface area contributed by atoms with E-state index in [9.17, 15) is 18.0 Å². The molecule has 2 aromatic rings. The number of nitrogens with two attached hydrogens (primary N) is 1. The van der Waals surface area contributed by atoms with Crippen LogP contribution >= 0.6 is 0 Å². The van der Waals surface area contributed by atoms with Crippen LogP contribution in [-0.4, -0.2) is 26.0 Å². The molecule has 1 heterocycles. The molecule has 124 valence electrons. The molecule has 6 nitrogen and oxygen atoms in total. The van der Waals surface area contributed by atoms with E-state index >= 15 is 0 Å². The van der Waals surface area contributed by atoms with Gasteiger partial charge in [-0.15, -0.1) is 0 Å². The molecule has 1 aliphatic heterocycles. The van der Waals surface area contributed by atoms with Crippen molar-refractivity contribution in [2.75, 3.05) is 11.1 Å². The smallest absolute Gasteiger partial charge is 0.255 e. The summed E-state index contributed by atoms with van der Waals surface area (Å²) in [6, 6.07) is 11.0. The predicted octanol–water partition coefficient (Wildman–Crippen LogP) is 1.76. The number of nitrogens with one attached hydrogen (secondary N) is 1. The van der Waals surface area contributed by atoms with E-state index in [4.69, 9.17) is 5.73 Å². The molecule has 3 rings (SSSR count). The Morgan fingerprint density at radius 2 is 1.83 bits per heavy atom. The first kappa shape index (κ1) is 16.2. The lowest BCUT2D eigenvalue weighted by Gasteiger charge is -2.17. The van der Waals surface area contributed by atoms with E-state index in [0.717, 1.165) is 0 Å². The van der Waals surface area contributed by atoms with Gasteiger partial charge in [0.25, 0.3) is 11.8 Å². The van der Waals surface area contributed by atoms with Crippen LogP contribution in [-0.2, 0) is 16.3 Å². The third-order valence-corrected chi connectivity index (χ3v) is 5.85. The Hall–Kier alpha value is -2.67. The van der Waals surface area contributed by atoms with E-state index in [-0.39, 0.29) is 11.3 Å². The lowest BCUT2D eigenvalue weighted by atomic mass is 10.1. The second kappa shape index (κ2) is 6.09. The summed E-state index contributed by atoms with van der Waals surface area (Å²) in [4.78, 5) is 24.1. The molecular formula is C17H16N2O4S. The van der Waals surface area contributed by atoms with Gasteiger partial charge in [0.05, 0.1) is 21.9 Å². The van der Waals surface area contributed by atoms with Crippen molar-refractivity contribution >= 4 is 27.3 Å². The number of aryl methyl sites for hydroxylation is 1. The molecule has 0 fully saturated rings. The molecule has 2 aromatic carbocycles. The van der Waals surface area contributed by atoms with Crippen molar-refractivity contribution in [2.45, 2.75) is 17.7 Å². The molecular weight excluding hydrogens is 328 g/mol. The highest BCUT2D eigenvalue weighted by Crippen LogP contribution is 2.26. The second-order valence-corrected chi connectivity index (χ2v) is 7.69. The molecule has 0 unspecified atom stereocenters. The van der Waals surface area contributed by atoms with Gasteiger partial charge in [-0.3, -0.25) is 9.59 Å². The average Bonchev–Trinajstić information content (AvgIpc) is 2.54. The predicted molar refractivity (Wildman–Crippen MR) is 89.7 cm³/mol. The first-order chi connectivity index (χ1) is 11.4. The molecule has 2 amide bonds. The number of benzene rings is 2. The van der Waals surface area contributed by atoms with Crippen LogP contribution < -0.4 is 11.1 Å². The number of carbonyl (C=O) groups is 2. The Balaban J connectivity index is 1.91. The summed E-state index contributed by atoms with van der Waals surface area (Å²) in [6.07, 6.45) is 1.17. The lowest BCUT2D eigenvalue weighted by Crippen LogP contribution is -2.20. The van der Waals surface area contributed by atoms with E-state index in [1.165, 1.54) is 18.2 Å². The fraction of sp³-hybridized carbons (Fsp3) is 0.176. The van der Waals surface area contributed by atoms with Gasteiger partial charge in [-0.2, -0.15) is 0 Å². The molecule has 0 atom stereocenters. The van der Waals surface area contributed by atoms with Gasteiger partial charge in [-0.05, 0) is 48.7 Å². The van der Waals surface area contributed by atoms with E-state index in [1.807, 2.05) is 0 Å². The maximum absolute atomic E-state index is 12.4. The van der Waals surface area contributed by atoms with Crippen LogP contribution in [0, 0.1) is 0 Å². The number of hydrogen-bond donors (Lipinski definition) is 2. The minimum absolute atomic E-state index is 0.136. The van der Waals surface area contributed by atoms with Crippen LogP contribution in [0.1, 0.15) is 32.7 Å². The molecule has 3 N–H and O–H groups in total. The summed E-state index contributed by atoms with van der Waals surface area (Å²) < 4.78 is 24.0. The Kier molecular flexibility index (Phi) is 4.11. The third-order valence-electron chi connectivity index (χ3n) is 3.96. The molecule has 0 aromatic heterocycles. The molecule has 0 saturated carbocycles. The summed E-state index contributed by atoms with van der Waals surface area (Å²) in [5, 5.41) is 2.65. The summed E-state index contributed by atoms with van der Waals surface area (Å²) in [5.74, 6) is -0.922. The maximum atomic E-state index is 12.4. The van der Waals surface area contributed by atoms with Gasteiger partial charge in [0.1, 0.15) is 0 Å². The van der Waals surface area contributed by atoms with Gasteiger partial charge in [-0.25, -0.2) is 8.42 Å². The maximum Gasteiger partial charge on any atom is 0.255 e. The normalized spacial score (nSPS) is 15.3. The zero-order valence-corrected chi connectivity index (χ0v) is 13.6. The summed E-state index contributed by atoms with van der Waals surface area (Å²) >= 11 is 0. The lowest BCUT2D eigenvalue weighted by molar-refractivity contribution is 0.100. The average molecular weight is 344 g/mol. The van der Waals surface area contributed by atoms with Crippen molar-refractivity contribution in [1.29, 1.82) is 0 Å². The van der Waals surface area contributed by atoms with Gasteiger partial charge >= 0.3 is 0 Å². The summed E-state index contributed by atoms with van der Waals surface area (Å²) in [6.45, 7) is 0. The monoisotopic (exact) mass is 344 g/mol. The third kappa shape index (κ3) is 3.03. The van der Waals surface area contributed by atoms with Crippen LogP contribution in [0.2, 0.25) is 0 Å². The zero-order valence-electron chi connectivity index (χ0n) is 12.8. The quantitative estimate of drug-likeness (QED) is 0.884. The van der Waals surface area contributed by atoms with Crippen molar-refractivity contribution in [2.24, 2.45) is 5.73 Å². The van der Waals surface area contributed by atoms with Crippen LogP contribution in [0.5, 0.6) is 0 Å². The molecule has 0 spiro atoms. The molecule has 0 aliphatic carbocycles. The largest absolute Gasteiger partial charge is 0.366 e. The van der Waals surface area contributed by atoms with Crippen molar-refractivity contribution in [3.05, 3.63) is 59.2 Å². The van der Waals surface area contributed by atoms with E-state index in [1.54, 1.807) is 24.3 Å². The summed E-state index contributed by atoms with van der Waals surface area (Å²) in [7, 11) is -3.25. The second-order valence-electron chi connectivity index (χ2n) is 5.61. The SMILES string of the molecule is NC(=O)c1ccccc1NC(=O)c1ccc2c(c1)CCCS2(=O)=O. The minimum Gasteiger partial charge on any atom is -0.366 e. The Labute approximate surface area is 139 Å². The van der Waals surface area contributed by atoms with Gasteiger partial charge in [-0.1, -0.05) is 12.1 Å². The number of fused-ring (bicyclic) bond motifs is 1. The van der Waals surface area contributed by atoms with E-state index in [0.29, 0.717) is 34.6 Å². The highest BCUT2D eigenvalue weighted by atomic mass is 32.2. The summed E-state index contributed by atoms with van der Waals surface area (Å²) in [5.41, 5.74) is 6.82. The Morgan fingerprint density at radius 3 is 2.58 bits per heavy atom. The number of hydrogen-bond acceptors (Lipinski definition) is 4. The van der Waals surface area contributed by atoms with Crippen LogP contribution in [0.3, 0.4) is 0 Å². The van der Waals surface area contributed by atoms with Gasteiger partial charge in [0, 0.05) is 5.56 Å². The first-order valence-electron chi connectivity index (χ1n) is 7.44. The molecule has 0 saturated heterocycles. The molecule has 0 bridgehead atoms. The highest BCUT2D eigenvalue weighted by Gasteiger charge is 2.24. The molecule has 7 heteroatoms. The molecule has 1 aliphatic rings. The minimum atomic E-state index is -3.25. The number of rotatable bonds is 3. The molecule has 0 radical (unpaired) electrons. The van der Waals surface area contributed by atoms with Gasteiger partial charge in [0.15, 0.2) is 9.84 Å². The van der Waals surface area contributed by atoms with Crippen LogP contribution in [0.25, 0.3) is 0 Å². The fourth-order valence-corrected chi connectivity index (χ4v) is 4.36. The van der Waals surface area contributed by atoms with Crippen LogP contribution in [0.4, 0.5) is 5.69 Å². The topological polar surface area (TPSA) is 106 Å². The fourth-order valence-electron chi connectivity index (χ4n) is 2.78. The van der Waals surface area contributed by atoms with Crippen molar-refractivity contribution in [1.82, 2.24) is 0 Å². The van der Waals surface area contributed by atoms with Crippen molar-refractivity contribution in [3.8, 4) is 0 Å². The Morgan fingerprint density at radius 1 is 1.08 bits per heavy atom. The number of anilines is 1. The standard InChI is InChI=1S/C17H16N2O4S/c18-16(20)13-5-1-2-6-14(13)19-17(21)12-7-8-15-11(10-12)4-3-9-24(15,22)23/h1-2,5-8,10H,3-4,9H2,(H2,18,20)(H,19,21). The van der Waals surface area contributed by atoms with Gasteiger partial charge in [0.2, 0.25) is 0 Å². The number of primary amides is 1. The number of para-hydroxylation sites is 1. The number of amides is 2. The van der Waals surface area contributed by atoms with Crippen molar-refractivity contribution in [3.63, 3.8) is 0 Å². The van der Waals surface area contributed by atoms with Gasteiger partial charge < -0.3 is 11.1 Å². The van der Waals surface area contributed by atoms with E-state index < -0.39 is 21.7 Å². The number of carbonyl (C=O) groups excluding carboxylic acids is 2. The van der Waals surface area contributed by atoms with Crippen LogP contribution in [0.15, 0.2) is 47.4 Å². The zero-order chi connectivity index (χ0) is 17.3. The highest BCUT2D eigenvalue weighted by molar-refractivity contribution is 7.91. The first-order valence-corrected chi connectivity index (χ1v) is 9.09. The Bertz CT molecular complexity index is 935. The van der Waals surface area contributed by atoms with Crippen molar-refractivity contribution < 1.29 is 18.0 Å². The number of sulfone groups is 1. The van der Waals surface area contributed by atoms with E-state index in [2.05, 4.69) is 5.32 Å².